The molecule has 11 aliphatic rings. The van der Waals surface area contributed by atoms with E-state index < -0.39 is 0 Å². The van der Waals surface area contributed by atoms with E-state index in [9.17, 15) is 18.4 Å². The molecule has 8 saturated carbocycles. The molecule has 17 rings (SSSR count). The maximum atomic E-state index is 12.7. The molecule has 9 aliphatic carbocycles. The van der Waals surface area contributed by atoms with Crippen LogP contribution in [-0.4, -0.2) is 44.7 Å². The first-order valence-corrected chi connectivity index (χ1v) is 55.3. The van der Waals surface area contributed by atoms with Crippen LogP contribution in [0.3, 0.4) is 0 Å². The summed E-state index contributed by atoms with van der Waals surface area (Å²) in [5.41, 5.74) is 15.7. The molecule has 6 aromatic rings. The second kappa shape index (κ2) is 64.2. The summed E-state index contributed by atoms with van der Waals surface area (Å²) in [6, 6.07) is 45.1. The predicted octanol–water partition coefficient (Wildman–Crippen LogP) is 34.6. The van der Waals surface area contributed by atoms with Crippen LogP contribution in [0.5, 0.6) is 11.5 Å². The van der Waals surface area contributed by atoms with Crippen LogP contribution in [0.1, 0.15) is 410 Å². The third kappa shape index (κ3) is 44.2. The minimum absolute atomic E-state index is 0.0196. The van der Waals surface area contributed by atoms with Gasteiger partial charge in [0.1, 0.15) is 17.3 Å². The van der Waals surface area contributed by atoms with Gasteiger partial charge >= 0.3 is 11.9 Å². The highest BCUT2D eigenvalue weighted by Crippen LogP contribution is 2.45. The van der Waals surface area contributed by atoms with Crippen molar-refractivity contribution in [2.45, 2.75) is 396 Å². The fourth-order valence-electron chi connectivity index (χ4n) is 21.5. The van der Waals surface area contributed by atoms with Crippen molar-refractivity contribution in [2.24, 2.45) is 107 Å². The van der Waals surface area contributed by atoms with Crippen LogP contribution in [0.15, 0.2) is 121 Å². The third-order valence-electron chi connectivity index (χ3n) is 32.1. The average Bonchev–Trinajstić information content (AvgIpc) is 0.821. The molecule has 0 bridgehead atoms. The van der Waals surface area contributed by atoms with Crippen molar-refractivity contribution in [2.75, 3.05) is 26.4 Å². The molecule has 2 heterocycles. The predicted molar refractivity (Wildman–Crippen MR) is 576 cm³/mol. The topological polar surface area (TPSA) is 208 Å². The fourth-order valence-corrected chi connectivity index (χ4v) is 21.5. The van der Waals surface area contributed by atoms with Crippen molar-refractivity contribution in [1.82, 2.24) is 0 Å². The highest BCUT2D eigenvalue weighted by Gasteiger charge is 2.35. The number of carbonyl (C=O) groups is 2. The minimum Gasteiger partial charge on any atom is -0.426 e. The highest BCUT2D eigenvalue weighted by atomic mass is 19.1. The van der Waals surface area contributed by atoms with Gasteiger partial charge in [-0.1, -0.05) is 226 Å². The molecule has 778 valence electrons. The van der Waals surface area contributed by atoms with Crippen LogP contribution in [-0.2, 0) is 28.5 Å². The van der Waals surface area contributed by atoms with Gasteiger partial charge < -0.3 is 28.4 Å². The largest absolute Gasteiger partial charge is 0.426 e. The number of halogens is 2. The molecule has 10 fully saturated rings. The van der Waals surface area contributed by atoms with Gasteiger partial charge in [-0.05, 0) is 398 Å². The summed E-state index contributed by atoms with van der Waals surface area (Å²) in [7, 11) is 0. The summed E-state index contributed by atoms with van der Waals surface area (Å²) in [5, 5.41) is 44.6. The zero-order chi connectivity index (χ0) is 104. The van der Waals surface area contributed by atoms with E-state index in [4.69, 9.17) is 54.7 Å². The van der Waals surface area contributed by atoms with Crippen molar-refractivity contribution < 1.29 is 46.8 Å². The summed E-state index contributed by atoms with van der Waals surface area (Å²) in [6.45, 7) is 49.8. The monoisotopic (exact) mass is 1940 g/mol. The average molecular weight is 1950 g/mol. The third-order valence-corrected chi connectivity index (χ3v) is 32.1. The van der Waals surface area contributed by atoms with E-state index in [1.807, 2.05) is 65.8 Å². The number of esters is 2. The van der Waals surface area contributed by atoms with Crippen molar-refractivity contribution in [1.29, 1.82) is 26.3 Å². The van der Waals surface area contributed by atoms with Gasteiger partial charge in [0.2, 0.25) is 0 Å². The molecule has 6 aromatic carbocycles. The normalized spacial score (nSPS) is 28.1. The molecule has 0 radical (unpaired) electrons. The summed E-state index contributed by atoms with van der Waals surface area (Å²) in [6.07, 6.45) is 44.3. The minimum atomic E-state index is -0.281. The lowest BCUT2D eigenvalue weighted by atomic mass is 9.69. The van der Waals surface area contributed by atoms with Crippen LogP contribution in [0.4, 0.5) is 8.78 Å². The Balaban J connectivity index is 0.000000217. The molecule has 2 aliphatic heterocycles. The van der Waals surface area contributed by atoms with Gasteiger partial charge in [-0.2, -0.15) is 26.3 Å². The van der Waals surface area contributed by atoms with Crippen LogP contribution in [0.25, 0.3) is 0 Å². The second-order valence-electron chi connectivity index (χ2n) is 45.8. The molecule has 0 amide bonds. The van der Waals surface area contributed by atoms with Crippen molar-refractivity contribution in [3.63, 3.8) is 0 Å². The number of rotatable bonds is 8. The van der Waals surface area contributed by atoms with Gasteiger partial charge in [-0.3, -0.25) is 9.59 Å². The van der Waals surface area contributed by atoms with Gasteiger partial charge in [-0.25, -0.2) is 8.78 Å². The Hall–Kier alpha value is -8.85. The van der Waals surface area contributed by atoms with E-state index >= 15 is 0 Å². The molecule has 2 saturated heterocycles. The fraction of sp³-hybridized carbons (Fsp3) is 0.646. The standard InChI is InChI=1S/C22H29NO2.C16H21N.C15H17NO2.C14H17NO2.C14H23N.C8H13F.C8H9F.2C8H16.C8H10.C6H12O2/c1-15-3-5-17(6-4-15)18-7-9-19(10-8-18)22(24)25-21-12-11-20(14-23)16(2)13-21;1-11-4-6-14(7-5-11)15-8-12(2)16(10-17)13(3)9-15;1-11-2-6-13(7-3-11)15(17)18-14-8-4-12(10-16)5-9-14;1-9-7-16-14(17-8-9)12-4-10(2)13(6-15)11(3)5-12;1-11-2-6-13(7-3-11)14-8-4-12(10-15)5-9-14;2*1-6-3-4-7(2)8(9)5-6;3*1-7-3-5-8(2)6-4-7;1-5-3-7-6(2)8-4-5/h11-13,15,17-19H,3-10H2,1-2H3;8-9,11,14H,4-7H2,1-3H3;4-5,8-9,11,13H,2-3,6-7H2,1H3;4-5,9,14H,7-8H2,1-3H3;11-14H,2-9H2,1H3;6H,3-5H2,1-2H3;3-5H,1-2H3;2*7-8H,3-6H2,1-2H3;3-6H,1-2H3;5-6H,3-4H2,1-2H3. The number of carbonyl (C=O) groups excluding carboxylic acids is 2. The quantitative estimate of drug-likeness (QED) is 0.103. The molecular formula is C127H183F2N5O8. The molecule has 1 atom stereocenters. The zero-order valence-electron chi connectivity index (χ0n) is 91.9. The number of ether oxygens (including phenoxy) is 6. The van der Waals surface area contributed by atoms with Crippen molar-refractivity contribution in [3.8, 4) is 41.8 Å². The van der Waals surface area contributed by atoms with E-state index in [0.717, 1.165) is 204 Å². The SMILES string of the molecule is CC1=C(F)CC(C)CC1.CC1CCC(C(=O)Oc2ccc(C#N)cc2)CC1.CC1CCC(C)CC1.CC1CCC(C)CC1.CC1CCC(C2CCC(C#N)CC2)CC1.CC1COC(C)OC1.Cc1cc(C2CCC(C)CC2)cc(C)c1C#N.Cc1cc(C2OCC(C)CO2)cc(C)c1C#N.Cc1cc(OC(=O)C2CCC(C3CCC(C)CC3)CC2)ccc1C#N.Cc1ccc(C)c(F)c1.Cc1ccc(C)cc1. The molecule has 0 aromatic heterocycles. The van der Waals surface area contributed by atoms with Crippen LogP contribution in [0, 0.1) is 231 Å². The maximum absolute atomic E-state index is 12.7. The first kappa shape index (κ1) is 120. The Kier molecular flexibility index (Phi) is 54.3. The van der Waals surface area contributed by atoms with Crippen molar-refractivity contribution >= 4 is 11.9 Å². The second-order valence-corrected chi connectivity index (χ2v) is 45.8. The number of hydrogen-bond acceptors (Lipinski definition) is 13. The van der Waals surface area contributed by atoms with Gasteiger partial charge in [0.05, 0.1) is 96.7 Å². The first-order chi connectivity index (χ1) is 67.8. The first-order valence-electron chi connectivity index (χ1n) is 55.3. The Morgan fingerprint density at radius 3 is 1.01 bits per heavy atom. The van der Waals surface area contributed by atoms with Gasteiger partial charge in [-0.15, -0.1) is 0 Å². The van der Waals surface area contributed by atoms with Crippen LogP contribution < -0.4 is 9.47 Å². The van der Waals surface area contributed by atoms with E-state index in [1.165, 1.54) is 196 Å². The van der Waals surface area contributed by atoms with Crippen LogP contribution in [0.2, 0.25) is 0 Å². The smallest absolute Gasteiger partial charge is 0.314 e. The summed E-state index contributed by atoms with van der Waals surface area (Å²) in [5.74, 6) is 14.9. The van der Waals surface area contributed by atoms with Gasteiger partial charge in [0.15, 0.2) is 12.6 Å². The molecule has 13 nitrogen and oxygen atoms in total. The molecule has 0 N–H and O–H groups in total. The maximum Gasteiger partial charge on any atom is 0.314 e. The number of nitrogens with zero attached hydrogens (tertiary/aromatic N) is 5. The Bertz CT molecular complexity index is 4690. The Morgan fingerprint density at radius 1 is 0.317 bits per heavy atom. The molecule has 1 unspecified atom stereocenters. The Morgan fingerprint density at radius 2 is 0.662 bits per heavy atom. The van der Waals surface area contributed by atoms with Gasteiger partial charge in [0.25, 0.3) is 0 Å². The lowest BCUT2D eigenvalue weighted by Gasteiger charge is -2.36. The molecule has 0 spiro atoms. The van der Waals surface area contributed by atoms with E-state index in [1.54, 1.807) is 55.5 Å². The number of nitriles is 5. The molecular weight excluding hydrogens is 1760 g/mol. The van der Waals surface area contributed by atoms with Crippen molar-refractivity contribution in [3.05, 3.63) is 210 Å². The summed E-state index contributed by atoms with van der Waals surface area (Å²) in [4.78, 5) is 24.4. The van der Waals surface area contributed by atoms with E-state index in [0.29, 0.717) is 58.3 Å². The molecule has 15 heteroatoms. The zero-order valence-corrected chi connectivity index (χ0v) is 91.9. The lowest BCUT2D eigenvalue weighted by molar-refractivity contribution is -0.202. The van der Waals surface area contributed by atoms with Gasteiger partial charge in [0, 0.05) is 29.7 Å². The summed E-state index contributed by atoms with van der Waals surface area (Å²) < 4.78 is 57.9. The number of benzene rings is 6. The number of allylic oxidation sites excluding steroid dienone is 2. The van der Waals surface area contributed by atoms with Crippen LogP contribution >= 0.6 is 0 Å². The number of aryl methyl sites for hydroxylation is 9. The van der Waals surface area contributed by atoms with E-state index in [-0.39, 0.29) is 48.0 Å². The highest BCUT2D eigenvalue weighted by molar-refractivity contribution is 5.76. The number of hydrogen-bond donors (Lipinski definition) is 0. The Labute approximate surface area is 860 Å². The summed E-state index contributed by atoms with van der Waals surface area (Å²) >= 11 is 0. The molecule has 142 heavy (non-hydrogen) atoms. The van der Waals surface area contributed by atoms with E-state index in [2.05, 4.69) is 165 Å². The lowest BCUT2D eigenvalue weighted by Crippen LogP contribution is -2.29.